The van der Waals surface area contributed by atoms with E-state index in [9.17, 15) is 0 Å². The highest BCUT2D eigenvalue weighted by Gasteiger charge is 2.08. The van der Waals surface area contributed by atoms with Gasteiger partial charge in [0, 0.05) is 12.3 Å². The fourth-order valence-corrected chi connectivity index (χ4v) is 2.43. The van der Waals surface area contributed by atoms with Gasteiger partial charge in [-0.05, 0) is 6.07 Å². The lowest BCUT2D eigenvalue weighted by Crippen LogP contribution is -2.05. The van der Waals surface area contributed by atoms with Crippen molar-refractivity contribution in [3.8, 4) is 5.75 Å². The van der Waals surface area contributed by atoms with Crippen molar-refractivity contribution in [2.24, 2.45) is 5.84 Å². The molecular formula is C10H8Cl3N3OS. The molecule has 1 aromatic carbocycles. The Labute approximate surface area is 123 Å². The Bertz CT molecular complexity index is 561. The molecule has 0 aliphatic carbocycles. The van der Waals surface area contributed by atoms with Crippen LogP contribution in [-0.4, -0.2) is 4.98 Å². The Balaban J connectivity index is 2.08. The minimum atomic E-state index is 0.330. The molecule has 0 radical (unpaired) electrons. The number of hydrogen-bond donors (Lipinski definition) is 2. The molecule has 2 aromatic rings. The topological polar surface area (TPSA) is 60.2 Å². The molecule has 1 heterocycles. The van der Waals surface area contributed by atoms with Gasteiger partial charge in [-0.1, -0.05) is 46.1 Å². The normalized spacial score (nSPS) is 10.4. The van der Waals surface area contributed by atoms with Crippen LogP contribution in [0, 0.1) is 0 Å². The smallest absolute Gasteiger partial charge is 0.197 e. The van der Waals surface area contributed by atoms with Crippen LogP contribution in [0.4, 0.5) is 5.13 Å². The van der Waals surface area contributed by atoms with Crippen LogP contribution < -0.4 is 16.0 Å². The number of nitrogens with two attached hydrogens (primary N) is 1. The number of hydrogen-bond acceptors (Lipinski definition) is 5. The molecule has 0 saturated heterocycles. The minimum absolute atomic E-state index is 0.330. The monoisotopic (exact) mass is 323 g/mol. The molecule has 0 fully saturated rings. The summed E-state index contributed by atoms with van der Waals surface area (Å²) in [6.45, 7) is 0.330. The zero-order chi connectivity index (χ0) is 13.1. The lowest BCUT2D eigenvalue weighted by molar-refractivity contribution is 0.310. The first-order valence-electron chi connectivity index (χ1n) is 4.79. The van der Waals surface area contributed by atoms with E-state index >= 15 is 0 Å². The number of nitrogen functional groups attached to an aromatic ring is 1. The second-order valence-electron chi connectivity index (χ2n) is 3.26. The van der Waals surface area contributed by atoms with E-state index in [-0.39, 0.29) is 0 Å². The van der Waals surface area contributed by atoms with E-state index in [0.29, 0.717) is 32.6 Å². The fraction of sp³-hybridized carbons (Fsp3) is 0.100. The molecule has 18 heavy (non-hydrogen) atoms. The number of hydrazine groups is 1. The second kappa shape index (κ2) is 5.95. The molecule has 1 aromatic heterocycles. The van der Waals surface area contributed by atoms with Crippen LogP contribution in [0.3, 0.4) is 0 Å². The number of aromatic nitrogens is 1. The Hall–Kier alpha value is -0.720. The third-order valence-electron chi connectivity index (χ3n) is 2.02. The fourth-order valence-electron chi connectivity index (χ4n) is 1.20. The number of anilines is 1. The lowest BCUT2D eigenvalue weighted by Gasteiger charge is -2.07. The van der Waals surface area contributed by atoms with Crippen LogP contribution in [-0.2, 0) is 6.61 Å². The van der Waals surface area contributed by atoms with E-state index in [4.69, 9.17) is 45.4 Å². The maximum Gasteiger partial charge on any atom is 0.197 e. The average molecular weight is 325 g/mol. The summed E-state index contributed by atoms with van der Waals surface area (Å²) in [6, 6.07) is 3.12. The van der Waals surface area contributed by atoms with E-state index in [1.807, 2.05) is 0 Å². The maximum absolute atomic E-state index is 5.99. The number of thiazole rings is 1. The quantitative estimate of drug-likeness (QED) is 0.507. The third kappa shape index (κ3) is 3.18. The van der Waals surface area contributed by atoms with Crippen LogP contribution in [0.2, 0.25) is 15.1 Å². The number of rotatable bonds is 4. The van der Waals surface area contributed by atoms with Crippen molar-refractivity contribution in [2.45, 2.75) is 6.61 Å². The van der Waals surface area contributed by atoms with Gasteiger partial charge in [0.15, 0.2) is 5.13 Å². The van der Waals surface area contributed by atoms with Crippen LogP contribution in [0.25, 0.3) is 0 Å². The number of halogens is 3. The highest BCUT2D eigenvalue weighted by Crippen LogP contribution is 2.34. The molecule has 0 atom stereocenters. The number of nitrogens with zero attached hydrogens (tertiary/aromatic N) is 1. The molecule has 0 spiro atoms. The molecule has 4 nitrogen and oxygen atoms in total. The summed E-state index contributed by atoms with van der Waals surface area (Å²) in [7, 11) is 0. The van der Waals surface area contributed by atoms with Gasteiger partial charge in [-0.3, -0.25) is 5.43 Å². The van der Waals surface area contributed by atoms with Gasteiger partial charge in [-0.15, -0.1) is 0 Å². The van der Waals surface area contributed by atoms with Crippen molar-refractivity contribution in [1.82, 2.24) is 4.98 Å². The van der Waals surface area contributed by atoms with Crippen molar-refractivity contribution >= 4 is 51.3 Å². The van der Waals surface area contributed by atoms with Gasteiger partial charge < -0.3 is 4.74 Å². The Kier molecular flexibility index (Phi) is 4.53. The largest absolute Gasteiger partial charge is 0.486 e. The predicted octanol–water partition coefficient (Wildman–Crippen LogP) is 3.97. The van der Waals surface area contributed by atoms with Crippen LogP contribution >= 0.6 is 46.1 Å². The summed E-state index contributed by atoms with van der Waals surface area (Å²) in [4.78, 5) is 4.93. The van der Waals surface area contributed by atoms with Gasteiger partial charge >= 0.3 is 0 Å². The van der Waals surface area contributed by atoms with E-state index in [1.165, 1.54) is 11.3 Å². The molecule has 2 rings (SSSR count). The second-order valence-corrected chi connectivity index (χ2v) is 5.60. The van der Waals surface area contributed by atoms with Gasteiger partial charge in [0.25, 0.3) is 0 Å². The summed E-state index contributed by atoms with van der Waals surface area (Å²) >= 11 is 19.1. The molecular weight excluding hydrogens is 317 g/mol. The highest BCUT2D eigenvalue weighted by molar-refractivity contribution is 7.15. The van der Waals surface area contributed by atoms with Crippen molar-refractivity contribution < 1.29 is 4.74 Å². The van der Waals surface area contributed by atoms with Gasteiger partial charge in [0.2, 0.25) is 0 Å². The molecule has 0 saturated carbocycles. The van der Waals surface area contributed by atoms with Gasteiger partial charge in [-0.2, -0.15) is 0 Å². The standard InChI is InChI=1S/C10H8Cl3N3OS/c11-6-1-8(13)9(2-7(6)12)17-4-5-3-15-10(16-14)18-5/h1-3H,4,14H2,(H,15,16). The van der Waals surface area contributed by atoms with Gasteiger partial charge in [0.1, 0.15) is 12.4 Å². The molecule has 0 bridgehead atoms. The van der Waals surface area contributed by atoms with Crippen LogP contribution in [0.1, 0.15) is 4.88 Å². The third-order valence-corrected chi connectivity index (χ3v) is 3.94. The lowest BCUT2D eigenvalue weighted by atomic mass is 10.3. The van der Waals surface area contributed by atoms with E-state index in [1.54, 1.807) is 18.3 Å². The van der Waals surface area contributed by atoms with Crippen molar-refractivity contribution in [3.05, 3.63) is 38.3 Å². The SMILES string of the molecule is NNc1ncc(COc2cc(Cl)c(Cl)cc2Cl)s1. The zero-order valence-corrected chi connectivity index (χ0v) is 12.0. The number of nitrogens with one attached hydrogen (secondary N) is 1. The van der Waals surface area contributed by atoms with Crippen molar-refractivity contribution in [1.29, 1.82) is 0 Å². The summed E-state index contributed by atoms with van der Waals surface area (Å²) in [6.07, 6.45) is 1.67. The molecule has 0 unspecified atom stereocenters. The van der Waals surface area contributed by atoms with E-state index < -0.39 is 0 Å². The molecule has 0 amide bonds. The van der Waals surface area contributed by atoms with E-state index in [2.05, 4.69) is 10.4 Å². The van der Waals surface area contributed by atoms with Crippen molar-refractivity contribution in [3.63, 3.8) is 0 Å². The molecule has 0 aliphatic heterocycles. The van der Waals surface area contributed by atoms with E-state index in [0.717, 1.165) is 4.88 Å². The Morgan fingerprint density at radius 3 is 2.61 bits per heavy atom. The Morgan fingerprint density at radius 2 is 1.94 bits per heavy atom. The zero-order valence-electron chi connectivity index (χ0n) is 8.91. The Morgan fingerprint density at radius 1 is 1.22 bits per heavy atom. The van der Waals surface area contributed by atoms with Gasteiger partial charge in [0.05, 0.1) is 19.9 Å². The molecule has 8 heteroatoms. The van der Waals surface area contributed by atoms with Crippen LogP contribution in [0.15, 0.2) is 18.3 Å². The number of benzene rings is 1. The van der Waals surface area contributed by atoms with Crippen molar-refractivity contribution in [2.75, 3.05) is 5.43 Å². The summed E-state index contributed by atoms with van der Waals surface area (Å²) in [5.41, 5.74) is 2.46. The molecule has 3 N–H and O–H groups in total. The summed E-state index contributed by atoms with van der Waals surface area (Å²) < 4.78 is 5.54. The first-order chi connectivity index (χ1) is 8.60. The number of ether oxygens (including phenoxy) is 1. The average Bonchev–Trinajstić information content (AvgIpc) is 2.80. The van der Waals surface area contributed by atoms with Gasteiger partial charge in [-0.25, -0.2) is 10.8 Å². The van der Waals surface area contributed by atoms with Crippen LogP contribution in [0.5, 0.6) is 5.75 Å². The first kappa shape index (κ1) is 13.7. The highest BCUT2D eigenvalue weighted by atomic mass is 35.5. The maximum atomic E-state index is 5.99. The minimum Gasteiger partial charge on any atom is -0.486 e. The molecule has 96 valence electrons. The molecule has 0 aliphatic rings. The summed E-state index contributed by atoms with van der Waals surface area (Å²) in [5, 5.41) is 1.81. The summed E-state index contributed by atoms with van der Waals surface area (Å²) in [5.74, 6) is 5.71. The first-order valence-corrected chi connectivity index (χ1v) is 6.74. The predicted molar refractivity (Wildman–Crippen MR) is 75.7 cm³/mol.